The lowest BCUT2D eigenvalue weighted by Gasteiger charge is -2.20. The molecule has 0 amide bonds. The molecule has 0 saturated carbocycles. The second-order valence-electron chi connectivity index (χ2n) is 5.55. The molecule has 96 valence electrons. The van der Waals surface area contributed by atoms with Crippen LogP contribution < -0.4 is 0 Å². The first-order chi connectivity index (χ1) is 8.38. The van der Waals surface area contributed by atoms with Crippen molar-refractivity contribution in [3.8, 4) is 5.69 Å². The van der Waals surface area contributed by atoms with Gasteiger partial charge in [-0.05, 0) is 30.0 Å². The SMILES string of the molecule is CC(C)(C)Cc1c(F)ccc(-n2cccn2)c1F. The predicted molar refractivity (Wildman–Crippen MR) is 66.6 cm³/mol. The minimum atomic E-state index is -0.534. The lowest BCUT2D eigenvalue weighted by molar-refractivity contribution is 0.390. The zero-order valence-electron chi connectivity index (χ0n) is 10.7. The summed E-state index contributed by atoms with van der Waals surface area (Å²) >= 11 is 0. The van der Waals surface area contributed by atoms with Crippen LogP contribution in [0.3, 0.4) is 0 Å². The van der Waals surface area contributed by atoms with Crippen molar-refractivity contribution in [1.82, 2.24) is 9.78 Å². The Hall–Kier alpha value is -1.71. The second kappa shape index (κ2) is 4.52. The minimum absolute atomic E-state index is 0.121. The van der Waals surface area contributed by atoms with Crippen LogP contribution in [0.4, 0.5) is 8.78 Å². The quantitative estimate of drug-likeness (QED) is 0.794. The van der Waals surface area contributed by atoms with Crippen LogP contribution in [0.25, 0.3) is 5.69 Å². The smallest absolute Gasteiger partial charge is 0.154 e. The fraction of sp³-hybridized carbons (Fsp3) is 0.357. The fourth-order valence-electron chi connectivity index (χ4n) is 1.87. The van der Waals surface area contributed by atoms with Gasteiger partial charge in [0, 0.05) is 18.0 Å². The van der Waals surface area contributed by atoms with E-state index in [-0.39, 0.29) is 16.7 Å². The van der Waals surface area contributed by atoms with E-state index in [0.717, 1.165) is 0 Å². The molecule has 18 heavy (non-hydrogen) atoms. The topological polar surface area (TPSA) is 17.8 Å². The molecule has 0 radical (unpaired) electrons. The molecule has 0 N–H and O–H groups in total. The number of nitrogens with zero attached hydrogens (tertiary/aromatic N) is 2. The first-order valence-corrected chi connectivity index (χ1v) is 5.85. The summed E-state index contributed by atoms with van der Waals surface area (Å²) < 4.78 is 29.5. The largest absolute Gasteiger partial charge is 0.238 e. The Kier molecular flexibility index (Phi) is 3.20. The van der Waals surface area contributed by atoms with Gasteiger partial charge in [0.2, 0.25) is 0 Å². The number of rotatable bonds is 2. The highest BCUT2D eigenvalue weighted by atomic mass is 19.1. The number of halogens is 2. The Morgan fingerprint density at radius 2 is 1.94 bits per heavy atom. The molecule has 2 nitrogen and oxygen atoms in total. The third kappa shape index (κ3) is 2.58. The Morgan fingerprint density at radius 3 is 2.50 bits per heavy atom. The third-order valence-corrected chi connectivity index (χ3v) is 2.62. The summed E-state index contributed by atoms with van der Waals surface area (Å²) in [6.07, 6.45) is 3.54. The molecule has 0 saturated heterocycles. The normalized spacial score (nSPS) is 11.8. The van der Waals surface area contributed by atoms with Gasteiger partial charge in [-0.15, -0.1) is 0 Å². The van der Waals surface area contributed by atoms with Gasteiger partial charge in [0.05, 0.1) is 0 Å². The molecule has 0 fully saturated rings. The summed E-state index contributed by atoms with van der Waals surface area (Å²) in [5, 5.41) is 3.97. The molecule has 0 aliphatic heterocycles. The molecule has 0 unspecified atom stereocenters. The van der Waals surface area contributed by atoms with Gasteiger partial charge in [-0.3, -0.25) is 0 Å². The van der Waals surface area contributed by atoms with Crippen LogP contribution in [-0.4, -0.2) is 9.78 Å². The van der Waals surface area contributed by atoms with E-state index >= 15 is 0 Å². The molecule has 0 bridgehead atoms. The van der Waals surface area contributed by atoms with E-state index < -0.39 is 11.6 Å². The summed E-state index contributed by atoms with van der Waals surface area (Å²) in [5.74, 6) is -1.04. The van der Waals surface area contributed by atoms with E-state index in [1.807, 2.05) is 20.8 Å². The van der Waals surface area contributed by atoms with Crippen molar-refractivity contribution in [3.05, 3.63) is 47.8 Å². The van der Waals surface area contributed by atoms with Crippen molar-refractivity contribution in [2.45, 2.75) is 27.2 Å². The molecule has 0 aliphatic carbocycles. The summed E-state index contributed by atoms with van der Waals surface area (Å²) in [4.78, 5) is 0. The molecular weight excluding hydrogens is 234 g/mol. The van der Waals surface area contributed by atoms with E-state index in [9.17, 15) is 8.78 Å². The van der Waals surface area contributed by atoms with Gasteiger partial charge in [-0.25, -0.2) is 13.5 Å². The van der Waals surface area contributed by atoms with Crippen molar-refractivity contribution < 1.29 is 8.78 Å². The Balaban J connectivity index is 2.50. The molecule has 0 atom stereocenters. The van der Waals surface area contributed by atoms with Crippen LogP contribution >= 0.6 is 0 Å². The van der Waals surface area contributed by atoms with Crippen LogP contribution in [0, 0.1) is 17.0 Å². The van der Waals surface area contributed by atoms with Crippen molar-refractivity contribution in [2.75, 3.05) is 0 Å². The summed E-state index contributed by atoms with van der Waals surface area (Å²) in [5.41, 5.74) is 0.223. The van der Waals surface area contributed by atoms with Crippen LogP contribution in [0.1, 0.15) is 26.3 Å². The van der Waals surface area contributed by atoms with Crippen LogP contribution in [-0.2, 0) is 6.42 Å². The van der Waals surface area contributed by atoms with Gasteiger partial charge in [0.15, 0.2) is 5.82 Å². The number of hydrogen-bond acceptors (Lipinski definition) is 1. The molecule has 0 aliphatic rings. The molecule has 2 aromatic rings. The number of aromatic nitrogens is 2. The lowest BCUT2D eigenvalue weighted by atomic mass is 9.87. The van der Waals surface area contributed by atoms with Crippen molar-refractivity contribution in [1.29, 1.82) is 0 Å². The third-order valence-electron chi connectivity index (χ3n) is 2.62. The standard InChI is InChI=1S/C14H16F2N2/c1-14(2,3)9-10-11(15)5-6-12(13(10)16)18-8-4-7-17-18/h4-8H,9H2,1-3H3. The average Bonchev–Trinajstić information content (AvgIpc) is 2.76. The number of hydrogen-bond donors (Lipinski definition) is 0. The first kappa shape index (κ1) is 12.7. The van der Waals surface area contributed by atoms with Crippen molar-refractivity contribution in [2.24, 2.45) is 5.41 Å². The summed E-state index contributed by atoms with van der Waals surface area (Å²) in [7, 11) is 0. The van der Waals surface area contributed by atoms with E-state index in [4.69, 9.17) is 0 Å². The second-order valence-corrected chi connectivity index (χ2v) is 5.55. The first-order valence-electron chi connectivity index (χ1n) is 5.85. The summed E-state index contributed by atoms with van der Waals surface area (Å²) in [6.45, 7) is 5.85. The van der Waals surface area contributed by atoms with Crippen LogP contribution in [0.2, 0.25) is 0 Å². The monoisotopic (exact) mass is 250 g/mol. The highest BCUT2D eigenvalue weighted by molar-refractivity contribution is 5.38. The maximum atomic E-state index is 14.3. The Labute approximate surface area is 105 Å². The molecular formula is C14H16F2N2. The van der Waals surface area contributed by atoms with Gasteiger partial charge >= 0.3 is 0 Å². The average molecular weight is 250 g/mol. The minimum Gasteiger partial charge on any atom is -0.238 e. The van der Waals surface area contributed by atoms with E-state index in [0.29, 0.717) is 6.42 Å². The van der Waals surface area contributed by atoms with Crippen molar-refractivity contribution in [3.63, 3.8) is 0 Å². The highest BCUT2D eigenvalue weighted by Gasteiger charge is 2.20. The van der Waals surface area contributed by atoms with Gasteiger partial charge in [0.25, 0.3) is 0 Å². The molecule has 4 heteroatoms. The molecule has 1 aromatic carbocycles. The van der Waals surface area contributed by atoms with Crippen molar-refractivity contribution >= 4 is 0 Å². The van der Waals surface area contributed by atoms with Gasteiger partial charge in [-0.1, -0.05) is 20.8 Å². The maximum Gasteiger partial charge on any atom is 0.154 e. The zero-order chi connectivity index (χ0) is 13.3. The zero-order valence-corrected chi connectivity index (χ0v) is 10.7. The molecule has 1 aromatic heterocycles. The van der Waals surface area contributed by atoms with Gasteiger partial charge in [0.1, 0.15) is 11.5 Å². The predicted octanol–water partition coefficient (Wildman–Crippen LogP) is 3.74. The maximum absolute atomic E-state index is 14.3. The lowest BCUT2D eigenvalue weighted by Crippen LogP contribution is -2.14. The molecule has 1 heterocycles. The van der Waals surface area contributed by atoms with E-state index in [2.05, 4.69) is 5.10 Å². The van der Waals surface area contributed by atoms with Crippen LogP contribution in [0.15, 0.2) is 30.6 Å². The van der Waals surface area contributed by atoms with Gasteiger partial charge in [-0.2, -0.15) is 5.10 Å². The Morgan fingerprint density at radius 1 is 1.22 bits per heavy atom. The van der Waals surface area contributed by atoms with E-state index in [1.54, 1.807) is 18.5 Å². The molecule has 0 spiro atoms. The summed E-state index contributed by atoms with van der Waals surface area (Å²) in [6, 6.07) is 4.40. The highest BCUT2D eigenvalue weighted by Crippen LogP contribution is 2.27. The van der Waals surface area contributed by atoms with E-state index in [1.165, 1.54) is 16.8 Å². The Bertz CT molecular complexity index is 540. The molecule has 2 rings (SSSR count). The van der Waals surface area contributed by atoms with Crippen LogP contribution in [0.5, 0.6) is 0 Å². The fourth-order valence-corrected chi connectivity index (χ4v) is 1.87. The number of benzene rings is 1. The van der Waals surface area contributed by atoms with Gasteiger partial charge < -0.3 is 0 Å².